The molecule has 1 saturated heterocycles. The summed E-state index contributed by atoms with van der Waals surface area (Å²) in [7, 11) is 0. The van der Waals surface area contributed by atoms with Crippen molar-refractivity contribution in [1.82, 2.24) is 4.90 Å². The van der Waals surface area contributed by atoms with Gasteiger partial charge in [-0.2, -0.15) is 5.26 Å². The summed E-state index contributed by atoms with van der Waals surface area (Å²) in [6.45, 7) is 3.91. The number of carbonyl (C=O) groups excluding carboxylic acids is 1. The SMILES string of the molecule is CCO[C@@H]1C[C@H](O)C12CCN(C(=O)c1cc(C#N)cs1)CC2. The highest BCUT2D eigenvalue weighted by atomic mass is 32.1. The van der Waals surface area contributed by atoms with Crippen molar-refractivity contribution < 1.29 is 14.6 Å². The lowest BCUT2D eigenvalue weighted by Gasteiger charge is -2.56. The van der Waals surface area contributed by atoms with Crippen LogP contribution in [0.15, 0.2) is 11.4 Å². The van der Waals surface area contributed by atoms with Crippen molar-refractivity contribution in [3.8, 4) is 6.07 Å². The average Bonchev–Trinajstić information content (AvgIpc) is 3.03. The maximum Gasteiger partial charge on any atom is 0.263 e. The van der Waals surface area contributed by atoms with E-state index in [1.165, 1.54) is 11.3 Å². The first-order valence-electron chi connectivity index (χ1n) is 7.68. The minimum atomic E-state index is -0.312. The first-order chi connectivity index (χ1) is 10.6. The molecule has 1 N–H and O–H groups in total. The second-order valence-electron chi connectivity index (χ2n) is 6.03. The molecule has 2 fully saturated rings. The van der Waals surface area contributed by atoms with Gasteiger partial charge in [-0.1, -0.05) is 0 Å². The summed E-state index contributed by atoms with van der Waals surface area (Å²) in [5, 5.41) is 20.7. The Bertz CT molecular complexity index is 597. The number of nitriles is 1. The highest BCUT2D eigenvalue weighted by molar-refractivity contribution is 7.12. The molecule has 5 nitrogen and oxygen atoms in total. The Morgan fingerprint density at radius 1 is 1.59 bits per heavy atom. The first-order valence-corrected chi connectivity index (χ1v) is 8.56. The van der Waals surface area contributed by atoms with Crippen LogP contribution in [-0.4, -0.2) is 47.8 Å². The van der Waals surface area contributed by atoms with Crippen LogP contribution in [0.25, 0.3) is 0 Å². The number of likely N-dealkylation sites (tertiary alicyclic amines) is 1. The van der Waals surface area contributed by atoms with Gasteiger partial charge >= 0.3 is 0 Å². The van der Waals surface area contributed by atoms with Crippen LogP contribution in [0.5, 0.6) is 0 Å². The number of hydrogen-bond donors (Lipinski definition) is 1. The van der Waals surface area contributed by atoms with Crippen molar-refractivity contribution in [3.63, 3.8) is 0 Å². The highest BCUT2D eigenvalue weighted by Gasteiger charge is 2.56. The molecule has 1 spiro atoms. The summed E-state index contributed by atoms with van der Waals surface area (Å²) >= 11 is 1.32. The van der Waals surface area contributed by atoms with Crippen LogP contribution in [0.4, 0.5) is 0 Å². The van der Waals surface area contributed by atoms with E-state index in [-0.39, 0.29) is 23.5 Å². The summed E-state index contributed by atoms with van der Waals surface area (Å²) in [5.74, 6) is -0.0110. The summed E-state index contributed by atoms with van der Waals surface area (Å²) in [6, 6.07) is 3.70. The van der Waals surface area contributed by atoms with E-state index in [0.29, 0.717) is 36.6 Å². The maximum atomic E-state index is 12.5. The molecule has 1 aliphatic carbocycles. The zero-order chi connectivity index (χ0) is 15.7. The maximum absolute atomic E-state index is 12.5. The number of aliphatic hydroxyl groups is 1. The van der Waals surface area contributed by atoms with Crippen molar-refractivity contribution in [2.24, 2.45) is 5.41 Å². The summed E-state index contributed by atoms with van der Waals surface area (Å²) in [6.07, 6.45) is 2.07. The van der Waals surface area contributed by atoms with Gasteiger partial charge in [-0.05, 0) is 25.8 Å². The largest absolute Gasteiger partial charge is 0.392 e. The normalized spacial score (nSPS) is 26.5. The van der Waals surface area contributed by atoms with Gasteiger partial charge in [0.05, 0.1) is 22.6 Å². The fraction of sp³-hybridized carbons (Fsp3) is 0.625. The quantitative estimate of drug-likeness (QED) is 0.924. The summed E-state index contributed by atoms with van der Waals surface area (Å²) < 4.78 is 5.74. The van der Waals surface area contributed by atoms with E-state index in [9.17, 15) is 9.90 Å². The van der Waals surface area contributed by atoms with Crippen LogP contribution in [0.2, 0.25) is 0 Å². The molecule has 0 bridgehead atoms. The molecular formula is C16H20N2O3S. The highest BCUT2D eigenvalue weighted by Crippen LogP contribution is 2.51. The van der Waals surface area contributed by atoms with E-state index in [1.807, 2.05) is 11.8 Å². The third-order valence-corrected chi connectivity index (χ3v) is 5.95. The number of ether oxygens (including phenoxy) is 1. The predicted octanol–water partition coefficient (Wildman–Crippen LogP) is 2.01. The fourth-order valence-electron chi connectivity index (χ4n) is 3.61. The summed E-state index contributed by atoms with van der Waals surface area (Å²) in [5.41, 5.74) is 0.368. The Hall–Kier alpha value is -1.42. The van der Waals surface area contributed by atoms with Crippen LogP contribution in [0, 0.1) is 16.7 Å². The molecule has 0 radical (unpaired) electrons. The number of nitrogens with zero attached hydrogens (tertiary/aromatic N) is 2. The second kappa shape index (κ2) is 5.99. The van der Waals surface area contributed by atoms with Gasteiger partial charge in [-0.15, -0.1) is 11.3 Å². The lowest BCUT2D eigenvalue weighted by atomic mass is 9.58. The average molecular weight is 320 g/mol. The van der Waals surface area contributed by atoms with Crippen LogP contribution in [-0.2, 0) is 4.74 Å². The first kappa shape index (κ1) is 15.5. The van der Waals surface area contributed by atoms with Gasteiger partial charge in [0.25, 0.3) is 5.91 Å². The zero-order valence-corrected chi connectivity index (χ0v) is 13.4. The molecule has 2 atom stereocenters. The van der Waals surface area contributed by atoms with Crippen LogP contribution >= 0.6 is 11.3 Å². The van der Waals surface area contributed by atoms with E-state index in [4.69, 9.17) is 10.00 Å². The Kier molecular flexibility index (Phi) is 4.22. The van der Waals surface area contributed by atoms with Gasteiger partial charge in [0.1, 0.15) is 6.07 Å². The van der Waals surface area contributed by atoms with E-state index in [1.54, 1.807) is 11.4 Å². The van der Waals surface area contributed by atoms with E-state index >= 15 is 0 Å². The molecule has 1 saturated carbocycles. The summed E-state index contributed by atoms with van der Waals surface area (Å²) in [4.78, 5) is 14.9. The van der Waals surface area contributed by atoms with Crippen LogP contribution in [0.3, 0.4) is 0 Å². The van der Waals surface area contributed by atoms with Gasteiger partial charge in [0.15, 0.2) is 0 Å². The lowest BCUT2D eigenvalue weighted by Crippen LogP contribution is -2.62. The Morgan fingerprint density at radius 2 is 2.32 bits per heavy atom. The Labute approximate surface area is 134 Å². The molecule has 22 heavy (non-hydrogen) atoms. The van der Waals surface area contributed by atoms with Gasteiger partial charge in [-0.3, -0.25) is 4.79 Å². The number of rotatable bonds is 3. The smallest absolute Gasteiger partial charge is 0.263 e. The van der Waals surface area contributed by atoms with Crippen LogP contribution in [0.1, 0.15) is 41.4 Å². The number of carbonyl (C=O) groups is 1. The minimum absolute atomic E-state index is 0.0110. The van der Waals surface area contributed by atoms with Gasteiger partial charge in [0, 0.05) is 36.9 Å². The predicted molar refractivity (Wildman–Crippen MR) is 82.6 cm³/mol. The van der Waals surface area contributed by atoms with Gasteiger partial charge < -0.3 is 14.7 Å². The number of thiophene rings is 1. The molecule has 1 aromatic rings. The zero-order valence-electron chi connectivity index (χ0n) is 12.6. The molecule has 2 heterocycles. The Balaban J connectivity index is 1.64. The molecule has 0 aromatic carbocycles. The van der Waals surface area contributed by atoms with Crippen molar-refractivity contribution in [2.45, 2.75) is 38.4 Å². The number of amides is 1. The van der Waals surface area contributed by atoms with Crippen molar-refractivity contribution >= 4 is 17.2 Å². The molecule has 1 amide bonds. The van der Waals surface area contributed by atoms with Gasteiger partial charge in [0.2, 0.25) is 0 Å². The third kappa shape index (κ3) is 2.43. The van der Waals surface area contributed by atoms with Crippen molar-refractivity contribution in [3.05, 3.63) is 21.9 Å². The minimum Gasteiger partial charge on any atom is -0.392 e. The molecule has 6 heteroatoms. The fourth-order valence-corrected chi connectivity index (χ4v) is 4.41. The molecule has 2 aliphatic rings. The number of hydrogen-bond acceptors (Lipinski definition) is 5. The van der Waals surface area contributed by atoms with Crippen molar-refractivity contribution in [2.75, 3.05) is 19.7 Å². The number of aliphatic hydroxyl groups excluding tert-OH is 1. The lowest BCUT2D eigenvalue weighted by molar-refractivity contribution is -0.207. The van der Waals surface area contributed by atoms with Gasteiger partial charge in [-0.25, -0.2) is 0 Å². The molecule has 1 aliphatic heterocycles. The van der Waals surface area contributed by atoms with Crippen molar-refractivity contribution in [1.29, 1.82) is 5.26 Å². The van der Waals surface area contributed by atoms with E-state index < -0.39 is 0 Å². The molecule has 3 rings (SSSR count). The van der Waals surface area contributed by atoms with E-state index in [0.717, 1.165) is 12.8 Å². The topological polar surface area (TPSA) is 73.6 Å². The second-order valence-corrected chi connectivity index (χ2v) is 6.94. The molecule has 1 aromatic heterocycles. The van der Waals surface area contributed by atoms with E-state index in [2.05, 4.69) is 6.07 Å². The molecule has 118 valence electrons. The monoisotopic (exact) mass is 320 g/mol. The third-order valence-electron chi connectivity index (χ3n) is 5.03. The van der Waals surface area contributed by atoms with Crippen LogP contribution < -0.4 is 0 Å². The standard InChI is InChI=1S/C16H20N2O3S/c1-2-21-14-8-13(19)16(14)3-5-18(6-4-16)15(20)12-7-11(9-17)10-22-12/h7,10,13-14,19H,2-6,8H2,1H3/t13-,14+/m0/s1. The number of piperidine rings is 1. The Morgan fingerprint density at radius 3 is 2.86 bits per heavy atom. The molecular weight excluding hydrogens is 300 g/mol. The molecule has 0 unspecified atom stereocenters.